The second-order valence-electron chi connectivity index (χ2n) is 13.9. The van der Waals surface area contributed by atoms with Crippen molar-refractivity contribution < 1.29 is 33.6 Å². The van der Waals surface area contributed by atoms with Gasteiger partial charge in [0.2, 0.25) is 0 Å². The van der Waals surface area contributed by atoms with Gasteiger partial charge in [-0.2, -0.15) is 0 Å². The van der Waals surface area contributed by atoms with Gasteiger partial charge in [-0.1, -0.05) is 71.8 Å². The predicted octanol–water partition coefficient (Wildman–Crippen LogP) is 12.6. The summed E-state index contributed by atoms with van der Waals surface area (Å²) in [5, 5.41) is 10.0. The first-order valence-electron chi connectivity index (χ1n) is 18.7. The average molecular weight is 768 g/mol. The number of anilines is 3. The molecule has 0 aliphatic rings. The van der Waals surface area contributed by atoms with E-state index in [9.17, 15) is 14.7 Å². The van der Waals surface area contributed by atoms with Gasteiger partial charge < -0.3 is 29.0 Å². The summed E-state index contributed by atoms with van der Waals surface area (Å²) in [5.74, 6) is 2.36. The molecule has 0 spiro atoms. The molecule has 0 saturated carbocycles. The highest BCUT2D eigenvalue weighted by Crippen LogP contribution is 2.36. The van der Waals surface area contributed by atoms with Gasteiger partial charge in [0.1, 0.15) is 34.5 Å². The number of phenolic OH excluding ortho intramolecular Hbond substituents is 1. The largest absolute Gasteiger partial charge is 0.519 e. The molecule has 8 heteroatoms. The van der Waals surface area contributed by atoms with E-state index in [-0.39, 0.29) is 5.75 Å². The molecule has 0 heterocycles. The molecule has 0 amide bonds. The lowest BCUT2D eigenvalue weighted by Gasteiger charge is -2.26. The molecule has 0 aromatic heterocycles. The number of aryl methyl sites for hydroxylation is 4. The number of carbonyl (C=O) groups is 2. The summed E-state index contributed by atoms with van der Waals surface area (Å²) in [4.78, 5) is 25.8. The zero-order valence-electron chi connectivity index (χ0n) is 32.5. The molecule has 8 nitrogen and oxygen atoms in total. The van der Waals surface area contributed by atoms with E-state index in [0.717, 1.165) is 44.9 Å². The maximum atomic E-state index is 12.9. The fraction of sp³-hybridized carbons (Fsp3) is 0.0800. The molecular formula is C50H41NO7. The molecule has 0 radical (unpaired) electrons. The van der Waals surface area contributed by atoms with Gasteiger partial charge in [0.25, 0.3) is 6.47 Å². The summed E-state index contributed by atoms with van der Waals surface area (Å²) in [6, 6.07) is 49.8. The Labute approximate surface area is 337 Å². The first-order chi connectivity index (χ1) is 28.1. The summed E-state index contributed by atoms with van der Waals surface area (Å²) >= 11 is 0. The molecular weight excluding hydrogens is 727 g/mol. The first kappa shape index (κ1) is 38.7. The standard InChI is InChI=1S/C50H41NO7/c1-33-5-15-40(16-6-33)51(41-17-7-34(2)8-18-41)42-19-9-37(10-20-42)31-47(38-11-21-43(53)22-12-38)39-13-23-44(24-14-39)57-50(54)58-49-28-26-46(30-36(49)4)56-45-25-27-48(55-32-52)35(3)29-45/h5-32,53H,1-4H3. The van der Waals surface area contributed by atoms with Crippen molar-refractivity contribution in [3.8, 4) is 34.5 Å². The molecule has 7 aromatic carbocycles. The topological polar surface area (TPSA) is 94.5 Å². The zero-order chi connectivity index (χ0) is 40.6. The Hall–Kier alpha value is -7.58. The van der Waals surface area contributed by atoms with Crippen LogP contribution in [0.1, 0.15) is 38.9 Å². The van der Waals surface area contributed by atoms with Crippen molar-refractivity contribution in [1.82, 2.24) is 0 Å². The highest BCUT2D eigenvalue weighted by molar-refractivity contribution is 5.92. The minimum absolute atomic E-state index is 0.173. The quantitative estimate of drug-likeness (QED) is 0.0568. The number of nitrogens with zero attached hydrogens (tertiary/aromatic N) is 1. The maximum absolute atomic E-state index is 12.9. The molecule has 7 aromatic rings. The number of phenols is 1. The van der Waals surface area contributed by atoms with E-state index in [1.54, 1.807) is 67.6 Å². The van der Waals surface area contributed by atoms with Crippen molar-refractivity contribution in [2.45, 2.75) is 27.7 Å². The monoisotopic (exact) mass is 767 g/mol. The Morgan fingerprint density at radius 3 is 1.50 bits per heavy atom. The third-order valence-corrected chi connectivity index (χ3v) is 9.49. The van der Waals surface area contributed by atoms with E-state index >= 15 is 0 Å². The number of rotatable bonds is 12. The van der Waals surface area contributed by atoms with Crippen LogP contribution in [-0.4, -0.2) is 17.7 Å². The molecule has 0 saturated heterocycles. The van der Waals surface area contributed by atoms with Gasteiger partial charge in [-0.15, -0.1) is 0 Å². The van der Waals surface area contributed by atoms with Crippen LogP contribution in [0, 0.1) is 27.7 Å². The van der Waals surface area contributed by atoms with E-state index in [2.05, 4.69) is 97.6 Å². The van der Waals surface area contributed by atoms with Gasteiger partial charge in [0.15, 0.2) is 0 Å². The Morgan fingerprint density at radius 1 is 0.534 bits per heavy atom. The maximum Gasteiger partial charge on any atom is 0.519 e. The van der Waals surface area contributed by atoms with Crippen LogP contribution >= 0.6 is 0 Å². The van der Waals surface area contributed by atoms with Crippen LogP contribution in [0.15, 0.2) is 158 Å². The Morgan fingerprint density at radius 2 is 1.00 bits per heavy atom. The zero-order valence-corrected chi connectivity index (χ0v) is 32.5. The second-order valence-corrected chi connectivity index (χ2v) is 13.9. The number of ether oxygens (including phenoxy) is 4. The van der Waals surface area contributed by atoms with E-state index in [4.69, 9.17) is 18.9 Å². The number of aromatic hydroxyl groups is 1. The molecule has 0 atom stereocenters. The Bertz CT molecular complexity index is 2520. The lowest BCUT2D eigenvalue weighted by atomic mass is 9.95. The van der Waals surface area contributed by atoms with Gasteiger partial charge in [0, 0.05) is 17.1 Å². The van der Waals surface area contributed by atoms with Gasteiger partial charge >= 0.3 is 6.16 Å². The molecule has 0 unspecified atom stereocenters. The number of carbonyl (C=O) groups excluding carboxylic acids is 2. The number of benzene rings is 7. The van der Waals surface area contributed by atoms with E-state index < -0.39 is 6.16 Å². The molecule has 1 N–H and O–H groups in total. The van der Waals surface area contributed by atoms with Crippen LogP contribution in [0.4, 0.5) is 21.9 Å². The normalized spacial score (nSPS) is 11.1. The van der Waals surface area contributed by atoms with Gasteiger partial charge in [-0.3, -0.25) is 4.79 Å². The van der Waals surface area contributed by atoms with E-state index in [1.165, 1.54) is 11.1 Å². The number of hydrogen-bond donors (Lipinski definition) is 1. The SMILES string of the molecule is Cc1ccc(N(c2ccc(C)cc2)c2ccc(C=C(c3ccc(O)cc3)c3ccc(OC(=O)Oc4ccc(Oc5ccc(OC=O)c(C)c5)cc4C)cc3)cc2)cc1. The van der Waals surface area contributed by atoms with Crippen molar-refractivity contribution in [1.29, 1.82) is 0 Å². The van der Waals surface area contributed by atoms with E-state index in [0.29, 0.717) is 40.8 Å². The molecule has 0 aliphatic heterocycles. The molecule has 7 rings (SSSR count). The van der Waals surface area contributed by atoms with Crippen molar-refractivity contribution >= 4 is 41.3 Å². The summed E-state index contributed by atoms with van der Waals surface area (Å²) in [6.45, 7) is 8.16. The summed E-state index contributed by atoms with van der Waals surface area (Å²) in [5.41, 5.74) is 10.6. The Balaban J connectivity index is 1.07. The molecule has 0 fully saturated rings. The van der Waals surface area contributed by atoms with Crippen molar-refractivity contribution in [2.24, 2.45) is 0 Å². The van der Waals surface area contributed by atoms with Crippen molar-refractivity contribution in [3.63, 3.8) is 0 Å². The molecule has 58 heavy (non-hydrogen) atoms. The van der Waals surface area contributed by atoms with Crippen LogP contribution < -0.4 is 23.8 Å². The smallest absolute Gasteiger partial charge is 0.508 e. The van der Waals surface area contributed by atoms with Crippen LogP contribution in [0.3, 0.4) is 0 Å². The van der Waals surface area contributed by atoms with Crippen molar-refractivity contribution in [2.75, 3.05) is 4.90 Å². The lowest BCUT2D eigenvalue weighted by Crippen LogP contribution is -2.14. The fourth-order valence-electron chi connectivity index (χ4n) is 6.41. The van der Waals surface area contributed by atoms with Gasteiger partial charge in [-0.25, -0.2) is 4.79 Å². The second kappa shape index (κ2) is 17.5. The van der Waals surface area contributed by atoms with Gasteiger partial charge in [0.05, 0.1) is 0 Å². The highest BCUT2D eigenvalue weighted by atomic mass is 16.7. The lowest BCUT2D eigenvalue weighted by molar-refractivity contribution is -0.120. The predicted molar refractivity (Wildman–Crippen MR) is 228 cm³/mol. The fourth-order valence-corrected chi connectivity index (χ4v) is 6.41. The third-order valence-electron chi connectivity index (χ3n) is 9.49. The third kappa shape index (κ3) is 9.44. The van der Waals surface area contributed by atoms with Gasteiger partial charge in [-0.05, 0) is 164 Å². The van der Waals surface area contributed by atoms with Crippen LogP contribution in [0.25, 0.3) is 11.6 Å². The minimum atomic E-state index is -0.884. The average Bonchev–Trinajstić information content (AvgIpc) is 3.22. The highest BCUT2D eigenvalue weighted by Gasteiger charge is 2.15. The molecule has 0 aliphatic carbocycles. The Kier molecular flexibility index (Phi) is 11.7. The summed E-state index contributed by atoms with van der Waals surface area (Å²) < 4.78 is 22.0. The molecule has 288 valence electrons. The summed E-state index contributed by atoms with van der Waals surface area (Å²) in [7, 11) is 0. The van der Waals surface area contributed by atoms with Crippen molar-refractivity contribution in [3.05, 3.63) is 197 Å². The minimum Gasteiger partial charge on any atom is -0.508 e. The van der Waals surface area contributed by atoms with E-state index in [1.807, 2.05) is 31.2 Å². The number of hydrogen-bond acceptors (Lipinski definition) is 8. The van der Waals surface area contributed by atoms with Crippen LogP contribution in [0.2, 0.25) is 0 Å². The van der Waals surface area contributed by atoms with Crippen LogP contribution in [0.5, 0.6) is 34.5 Å². The van der Waals surface area contributed by atoms with Crippen LogP contribution in [-0.2, 0) is 4.79 Å². The summed E-state index contributed by atoms with van der Waals surface area (Å²) in [6.07, 6.45) is 1.21. The molecule has 0 bridgehead atoms. The first-order valence-corrected chi connectivity index (χ1v) is 18.7.